The average Bonchev–Trinajstić information content (AvgIpc) is 2.93. The molecule has 0 aliphatic heterocycles. The van der Waals surface area contributed by atoms with Gasteiger partial charge in [-0.2, -0.15) is 5.10 Å². The second-order valence-electron chi connectivity index (χ2n) is 4.58. The largest absolute Gasteiger partial charge is 0.271 e. The summed E-state index contributed by atoms with van der Waals surface area (Å²) in [5, 5.41) is 7.28. The lowest BCUT2D eigenvalue weighted by atomic mass is 10.1. The summed E-state index contributed by atoms with van der Waals surface area (Å²) in [7, 11) is 1.93. The van der Waals surface area contributed by atoms with Gasteiger partial charge >= 0.3 is 0 Å². The fourth-order valence-corrected chi connectivity index (χ4v) is 3.56. The van der Waals surface area contributed by atoms with E-state index in [9.17, 15) is 0 Å². The molecule has 6 heteroatoms. The van der Waals surface area contributed by atoms with E-state index in [4.69, 9.17) is 17.4 Å². The van der Waals surface area contributed by atoms with Gasteiger partial charge in [-0.05, 0) is 30.4 Å². The topological polar surface area (TPSA) is 55.9 Å². The van der Waals surface area contributed by atoms with Gasteiger partial charge in [0.25, 0.3) is 0 Å². The smallest absolute Gasteiger partial charge is 0.0850 e. The number of nitrogens with two attached hydrogens (primary N) is 1. The number of aromatic nitrogens is 2. The SMILES string of the molecule is CCc1nn(C)c(CC(NN)c2sccc2C)c1Cl. The van der Waals surface area contributed by atoms with Gasteiger partial charge in [-0.1, -0.05) is 18.5 Å². The summed E-state index contributed by atoms with van der Waals surface area (Å²) in [6.45, 7) is 4.15. The molecule has 0 aliphatic rings. The van der Waals surface area contributed by atoms with Crippen molar-refractivity contribution in [2.75, 3.05) is 0 Å². The normalized spacial score (nSPS) is 12.9. The molecule has 0 fully saturated rings. The van der Waals surface area contributed by atoms with Crippen LogP contribution in [0.2, 0.25) is 5.02 Å². The molecule has 104 valence electrons. The first-order valence-corrected chi connectivity index (χ1v) is 7.54. The van der Waals surface area contributed by atoms with Gasteiger partial charge in [-0.3, -0.25) is 16.0 Å². The van der Waals surface area contributed by atoms with Gasteiger partial charge in [-0.25, -0.2) is 0 Å². The molecular weight excluding hydrogens is 280 g/mol. The number of hydrazine groups is 1. The molecule has 2 aromatic rings. The highest BCUT2D eigenvalue weighted by atomic mass is 35.5. The third-order valence-corrected chi connectivity index (χ3v) is 4.89. The molecular formula is C13H19ClN4S. The molecule has 1 unspecified atom stereocenters. The molecule has 3 N–H and O–H groups in total. The summed E-state index contributed by atoms with van der Waals surface area (Å²) in [5.74, 6) is 5.70. The van der Waals surface area contributed by atoms with Crippen LogP contribution in [0.1, 0.15) is 34.8 Å². The van der Waals surface area contributed by atoms with Gasteiger partial charge in [0.05, 0.1) is 22.5 Å². The van der Waals surface area contributed by atoms with Crippen molar-refractivity contribution in [3.05, 3.63) is 38.3 Å². The summed E-state index contributed by atoms with van der Waals surface area (Å²) in [5.41, 5.74) is 6.10. The van der Waals surface area contributed by atoms with E-state index in [0.29, 0.717) is 0 Å². The van der Waals surface area contributed by atoms with Crippen LogP contribution in [0, 0.1) is 6.92 Å². The third kappa shape index (κ3) is 2.84. The molecule has 0 saturated heterocycles. The van der Waals surface area contributed by atoms with Crippen molar-refractivity contribution in [1.82, 2.24) is 15.2 Å². The van der Waals surface area contributed by atoms with E-state index in [0.717, 1.165) is 29.3 Å². The second kappa shape index (κ2) is 6.05. The summed E-state index contributed by atoms with van der Waals surface area (Å²) < 4.78 is 1.86. The van der Waals surface area contributed by atoms with Crippen LogP contribution in [0.3, 0.4) is 0 Å². The highest BCUT2D eigenvalue weighted by molar-refractivity contribution is 7.10. The van der Waals surface area contributed by atoms with E-state index in [2.05, 4.69) is 35.8 Å². The quantitative estimate of drug-likeness (QED) is 0.659. The standard InChI is InChI=1S/C13H19ClN4S/c1-4-9-12(14)11(18(3)17-9)7-10(16-15)13-8(2)5-6-19-13/h5-6,10,16H,4,7,15H2,1-3H3. The molecule has 0 aliphatic carbocycles. The van der Waals surface area contributed by atoms with E-state index in [1.165, 1.54) is 10.4 Å². The molecule has 0 radical (unpaired) electrons. The molecule has 0 amide bonds. The van der Waals surface area contributed by atoms with Gasteiger partial charge in [0.2, 0.25) is 0 Å². The van der Waals surface area contributed by atoms with Crippen molar-refractivity contribution in [3.63, 3.8) is 0 Å². The third-order valence-electron chi connectivity index (χ3n) is 3.32. The molecule has 0 spiro atoms. The Morgan fingerprint density at radius 2 is 2.32 bits per heavy atom. The average molecular weight is 299 g/mol. The molecule has 2 heterocycles. The van der Waals surface area contributed by atoms with Crippen LogP contribution < -0.4 is 11.3 Å². The molecule has 19 heavy (non-hydrogen) atoms. The maximum atomic E-state index is 6.38. The Bertz CT molecular complexity index is 561. The first-order chi connectivity index (χ1) is 9.08. The predicted molar refractivity (Wildman–Crippen MR) is 80.4 cm³/mol. The molecule has 0 aromatic carbocycles. The first-order valence-electron chi connectivity index (χ1n) is 6.28. The lowest BCUT2D eigenvalue weighted by molar-refractivity contribution is 0.535. The summed E-state index contributed by atoms with van der Waals surface area (Å²) in [6.07, 6.45) is 1.58. The molecule has 2 aromatic heterocycles. The van der Waals surface area contributed by atoms with Gasteiger partial charge in [-0.15, -0.1) is 11.3 Å². The van der Waals surface area contributed by atoms with Crippen LogP contribution in [0.5, 0.6) is 0 Å². The van der Waals surface area contributed by atoms with Crippen molar-refractivity contribution in [1.29, 1.82) is 0 Å². The van der Waals surface area contributed by atoms with Crippen LogP contribution in [0.4, 0.5) is 0 Å². The first kappa shape index (κ1) is 14.5. The lowest BCUT2D eigenvalue weighted by Crippen LogP contribution is -2.30. The zero-order chi connectivity index (χ0) is 14.0. The van der Waals surface area contributed by atoms with E-state index >= 15 is 0 Å². The van der Waals surface area contributed by atoms with Crippen LogP contribution in [-0.4, -0.2) is 9.78 Å². The minimum absolute atomic E-state index is 0.0672. The number of hydrogen-bond donors (Lipinski definition) is 2. The van der Waals surface area contributed by atoms with Crippen LogP contribution >= 0.6 is 22.9 Å². The van der Waals surface area contributed by atoms with Crippen LogP contribution in [0.15, 0.2) is 11.4 Å². The Balaban J connectivity index is 2.29. The molecule has 1 atom stereocenters. The number of hydrogen-bond acceptors (Lipinski definition) is 4. The zero-order valence-electron chi connectivity index (χ0n) is 11.4. The van der Waals surface area contributed by atoms with Gasteiger partial charge in [0.15, 0.2) is 0 Å². The number of aryl methyl sites for hydroxylation is 3. The van der Waals surface area contributed by atoms with Crippen molar-refractivity contribution >= 4 is 22.9 Å². The van der Waals surface area contributed by atoms with E-state index in [1.807, 2.05) is 11.7 Å². The number of thiophene rings is 1. The van der Waals surface area contributed by atoms with Crippen molar-refractivity contribution in [3.8, 4) is 0 Å². The van der Waals surface area contributed by atoms with E-state index < -0.39 is 0 Å². The highest BCUT2D eigenvalue weighted by Crippen LogP contribution is 2.29. The summed E-state index contributed by atoms with van der Waals surface area (Å²) >= 11 is 8.09. The van der Waals surface area contributed by atoms with Crippen LogP contribution in [0.25, 0.3) is 0 Å². The van der Waals surface area contributed by atoms with Gasteiger partial charge in [0.1, 0.15) is 0 Å². The number of halogens is 1. The fraction of sp³-hybridized carbons (Fsp3) is 0.462. The Morgan fingerprint density at radius 1 is 1.58 bits per heavy atom. The maximum Gasteiger partial charge on any atom is 0.0850 e. The molecule has 0 saturated carbocycles. The van der Waals surface area contributed by atoms with E-state index in [-0.39, 0.29) is 6.04 Å². The predicted octanol–water partition coefficient (Wildman–Crippen LogP) is 2.75. The minimum atomic E-state index is 0.0672. The Hall–Kier alpha value is -0.880. The Kier molecular flexibility index (Phi) is 4.62. The molecule has 0 bridgehead atoms. The number of rotatable bonds is 5. The zero-order valence-corrected chi connectivity index (χ0v) is 13.0. The molecule has 2 rings (SSSR count). The van der Waals surface area contributed by atoms with Crippen molar-refractivity contribution in [2.45, 2.75) is 32.7 Å². The summed E-state index contributed by atoms with van der Waals surface area (Å²) in [6, 6.07) is 2.17. The molecule has 4 nitrogen and oxygen atoms in total. The van der Waals surface area contributed by atoms with Crippen molar-refractivity contribution < 1.29 is 0 Å². The van der Waals surface area contributed by atoms with Crippen molar-refractivity contribution in [2.24, 2.45) is 12.9 Å². The lowest BCUT2D eigenvalue weighted by Gasteiger charge is -2.16. The van der Waals surface area contributed by atoms with Gasteiger partial charge < -0.3 is 0 Å². The minimum Gasteiger partial charge on any atom is -0.271 e. The Morgan fingerprint density at radius 3 is 2.79 bits per heavy atom. The monoisotopic (exact) mass is 298 g/mol. The Labute approximate surface area is 122 Å². The number of nitrogens with zero attached hydrogens (tertiary/aromatic N) is 2. The summed E-state index contributed by atoms with van der Waals surface area (Å²) in [4.78, 5) is 1.25. The number of nitrogens with one attached hydrogen (secondary N) is 1. The fourth-order valence-electron chi connectivity index (χ4n) is 2.20. The highest BCUT2D eigenvalue weighted by Gasteiger charge is 2.20. The van der Waals surface area contributed by atoms with E-state index in [1.54, 1.807) is 11.3 Å². The maximum absolute atomic E-state index is 6.38. The van der Waals surface area contributed by atoms with Gasteiger partial charge in [0, 0.05) is 18.3 Å². The second-order valence-corrected chi connectivity index (χ2v) is 5.90. The van der Waals surface area contributed by atoms with Crippen LogP contribution in [-0.2, 0) is 19.9 Å².